The highest BCUT2D eigenvalue weighted by Gasteiger charge is 2.48. The topological polar surface area (TPSA) is 90.6 Å². The van der Waals surface area contributed by atoms with E-state index < -0.39 is 4.92 Å². The summed E-state index contributed by atoms with van der Waals surface area (Å²) in [5.74, 6) is 2.12. The van der Waals surface area contributed by atoms with Crippen LogP contribution < -0.4 is 9.64 Å². The summed E-state index contributed by atoms with van der Waals surface area (Å²) in [7, 11) is 0. The van der Waals surface area contributed by atoms with E-state index >= 15 is 0 Å². The lowest BCUT2D eigenvalue weighted by atomic mass is 10.0. The van der Waals surface area contributed by atoms with Gasteiger partial charge >= 0.3 is 0 Å². The number of ether oxygens (including phenoxy) is 2. The van der Waals surface area contributed by atoms with E-state index in [9.17, 15) is 10.1 Å². The van der Waals surface area contributed by atoms with Crippen LogP contribution in [-0.4, -0.2) is 46.8 Å². The minimum atomic E-state index is -0.406. The molecule has 3 aliphatic rings. The van der Waals surface area contributed by atoms with Gasteiger partial charge in [-0.3, -0.25) is 10.1 Å². The number of anilines is 1. The van der Waals surface area contributed by atoms with Gasteiger partial charge in [0.2, 0.25) is 5.88 Å². The van der Waals surface area contributed by atoms with Crippen LogP contribution in [0.25, 0.3) is 11.4 Å². The van der Waals surface area contributed by atoms with Crippen LogP contribution >= 0.6 is 0 Å². The van der Waals surface area contributed by atoms with Crippen LogP contribution in [0.3, 0.4) is 0 Å². The first-order valence-corrected chi connectivity index (χ1v) is 10.3. The summed E-state index contributed by atoms with van der Waals surface area (Å²) in [6, 6.07) is 6.35. The smallest absolute Gasteiger partial charge is 0.269 e. The van der Waals surface area contributed by atoms with Gasteiger partial charge in [0, 0.05) is 30.8 Å². The standard InChI is InChI=1S/C19H20N4O4.C2H6/c24-23(25)14-3-1-13(2-4-14)16-20-17(22-9-11-26-12-10-22)15-5-6-19(7-8-19)27-18(15)21-16;1-2/h1-4H,5-12H2;1-2H3. The molecule has 5 rings (SSSR count). The molecule has 0 radical (unpaired) electrons. The highest BCUT2D eigenvalue weighted by atomic mass is 16.6. The Balaban J connectivity index is 0.000000994. The second-order valence-electron chi connectivity index (χ2n) is 7.34. The zero-order chi connectivity index (χ0) is 20.4. The highest BCUT2D eigenvalue weighted by Crippen LogP contribution is 2.49. The van der Waals surface area contributed by atoms with Crippen molar-refractivity contribution < 1.29 is 14.4 Å². The molecule has 8 heteroatoms. The molecule has 0 bridgehead atoms. The molecular formula is C21H26N4O4. The molecule has 0 atom stereocenters. The SMILES string of the molecule is CC.O=[N+]([O-])c1ccc(-c2nc3c(c(N4CCOCC4)n2)CCC2(CC2)O3)cc1. The summed E-state index contributed by atoms with van der Waals surface area (Å²) in [4.78, 5) is 22.3. The minimum Gasteiger partial charge on any atom is -0.471 e. The van der Waals surface area contributed by atoms with Crippen LogP contribution in [-0.2, 0) is 11.2 Å². The van der Waals surface area contributed by atoms with E-state index in [1.807, 2.05) is 13.8 Å². The first-order chi connectivity index (χ1) is 14.1. The second kappa shape index (κ2) is 7.94. The molecule has 154 valence electrons. The van der Waals surface area contributed by atoms with E-state index in [0.717, 1.165) is 55.7 Å². The lowest BCUT2D eigenvalue weighted by molar-refractivity contribution is -0.384. The number of nitrogens with zero attached hydrogens (tertiary/aromatic N) is 4. The van der Waals surface area contributed by atoms with Gasteiger partial charge in [0.1, 0.15) is 11.4 Å². The fourth-order valence-electron chi connectivity index (χ4n) is 3.75. The number of fused-ring (bicyclic) bond motifs is 1. The van der Waals surface area contributed by atoms with Gasteiger partial charge in [-0.1, -0.05) is 13.8 Å². The molecule has 1 aromatic heterocycles. The average molecular weight is 398 g/mol. The quantitative estimate of drug-likeness (QED) is 0.574. The number of benzene rings is 1. The van der Waals surface area contributed by atoms with E-state index in [0.29, 0.717) is 24.9 Å². The van der Waals surface area contributed by atoms with Crippen LogP contribution in [0, 0.1) is 10.1 Å². The molecule has 2 fully saturated rings. The number of hydrogen-bond donors (Lipinski definition) is 0. The van der Waals surface area contributed by atoms with Crippen molar-refractivity contribution >= 4 is 11.5 Å². The molecule has 2 aromatic rings. The predicted molar refractivity (Wildman–Crippen MR) is 109 cm³/mol. The Morgan fingerprint density at radius 3 is 2.38 bits per heavy atom. The molecule has 8 nitrogen and oxygen atoms in total. The van der Waals surface area contributed by atoms with Crippen molar-refractivity contribution in [3.63, 3.8) is 0 Å². The highest BCUT2D eigenvalue weighted by molar-refractivity contribution is 5.64. The van der Waals surface area contributed by atoms with E-state index in [1.165, 1.54) is 12.1 Å². The van der Waals surface area contributed by atoms with Crippen molar-refractivity contribution in [2.45, 2.75) is 45.1 Å². The molecule has 0 unspecified atom stereocenters. The summed E-state index contributed by atoms with van der Waals surface area (Å²) >= 11 is 0. The summed E-state index contributed by atoms with van der Waals surface area (Å²) in [5.41, 5.74) is 1.84. The van der Waals surface area contributed by atoms with E-state index in [2.05, 4.69) is 9.88 Å². The summed E-state index contributed by atoms with van der Waals surface area (Å²) in [6.07, 6.45) is 4.09. The van der Waals surface area contributed by atoms with Crippen LogP contribution in [0.5, 0.6) is 5.88 Å². The zero-order valence-corrected chi connectivity index (χ0v) is 16.9. The number of morpholine rings is 1. The van der Waals surface area contributed by atoms with Gasteiger partial charge in [0.15, 0.2) is 5.82 Å². The Hall–Kier alpha value is -2.74. The molecule has 1 aliphatic carbocycles. The third-order valence-corrected chi connectivity index (χ3v) is 5.55. The fraction of sp³-hybridized carbons (Fsp3) is 0.524. The van der Waals surface area contributed by atoms with E-state index in [-0.39, 0.29) is 11.3 Å². The van der Waals surface area contributed by atoms with E-state index in [4.69, 9.17) is 14.5 Å². The molecule has 29 heavy (non-hydrogen) atoms. The van der Waals surface area contributed by atoms with Gasteiger partial charge in [-0.05, 0) is 37.8 Å². The minimum absolute atomic E-state index is 0.0314. The summed E-state index contributed by atoms with van der Waals surface area (Å²) in [5, 5.41) is 10.9. The molecular weight excluding hydrogens is 372 g/mol. The number of nitro benzene ring substituents is 1. The third-order valence-electron chi connectivity index (χ3n) is 5.55. The number of rotatable bonds is 3. The van der Waals surface area contributed by atoms with Gasteiger partial charge in [0.05, 0.1) is 23.7 Å². The van der Waals surface area contributed by atoms with Gasteiger partial charge in [-0.2, -0.15) is 4.98 Å². The monoisotopic (exact) mass is 398 g/mol. The Morgan fingerprint density at radius 1 is 1.07 bits per heavy atom. The van der Waals surface area contributed by atoms with Crippen molar-refractivity contribution in [3.8, 4) is 17.3 Å². The average Bonchev–Trinajstić information content (AvgIpc) is 3.53. The first kappa shape index (κ1) is 19.6. The number of nitro groups is 1. The molecule has 2 aliphatic heterocycles. The molecule has 1 spiro atoms. The zero-order valence-electron chi connectivity index (χ0n) is 16.9. The lowest BCUT2D eigenvalue weighted by Gasteiger charge is -2.33. The van der Waals surface area contributed by atoms with Crippen molar-refractivity contribution in [2.24, 2.45) is 0 Å². The second-order valence-corrected chi connectivity index (χ2v) is 7.34. The maximum atomic E-state index is 10.9. The number of non-ortho nitro benzene ring substituents is 1. The summed E-state index contributed by atoms with van der Waals surface area (Å²) < 4.78 is 11.7. The number of hydrogen-bond acceptors (Lipinski definition) is 7. The Bertz CT molecular complexity index is 890. The molecule has 1 saturated heterocycles. The Labute approximate surface area is 170 Å². The third kappa shape index (κ3) is 3.89. The van der Waals surface area contributed by atoms with Gasteiger partial charge in [-0.15, -0.1) is 0 Å². The molecule has 3 heterocycles. The Morgan fingerprint density at radius 2 is 1.76 bits per heavy atom. The van der Waals surface area contributed by atoms with Crippen LogP contribution in [0.4, 0.5) is 11.5 Å². The van der Waals surface area contributed by atoms with Crippen LogP contribution in [0.2, 0.25) is 0 Å². The van der Waals surface area contributed by atoms with Gasteiger partial charge < -0.3 is 14.4 Å². The Kier molecular flexibility index (Phi) is 5.36. The first-order valence-electron chi connectivity index (χ1n) is 10.3. The van der Waals surface area contributed by atoms with Crippen LogP contribution in [0.15, 0.2) is 24.3 Å². The van der Waals surface area contributed by atoms with Crippen molar-refractivity contribution in [1.82, 2.24) is 9.97 Å². The largest absolute Gasteiger partial charge is 0.471 e. The normalized spacial score (nSPS) is 18.9. The maximum Gasteiger partial charge on any atom is 0.269 e. The summed E-state index contributed by atoms with van der Waals surface area (Å²) in [6.45, 7) is 6.93. The maximum absolute atomic E-state index is 10.9. The predicted octanol–water partition coefficient (Wildman–Crippen LogP) is 3.77. The van der Waals surface area contributed by atoms with Gasteiger partial charge in [-0.25, -0.2) is 4.98 Å². The van der Waals surface area contributed by atoms with Crippen LogP contribution in [0.1, 0.15) is 38.7 Å². The molecule has 1 saturated carbocycles. The molecule has 0 amide bonds. The van der Waals surface area contributed by atoms with E-state index in [1.54, 1.807) is 12.1 Å². The fourth-order valence-corrected chi connectivity index (χ4v) is 3.75. The molecule has 1 aromatic carbocycles. The van der Waals surface area contributed by atoms with Crippen molar-refractivity contribution in [2.75, 3.05) is 31.2 Å². The number of aromatic nitrogens is 2. The lowest BCUT2D eigenvalue weighted by Crippen LogP contribution is -2.38. The van der Waals surface area contributed by atoms with Crippen molar-refractivity contribution in [1.29, 1.82) is 0 Å². The van der Waals surface area contributed by atoms with Gasteiger partial charge in [0.25, 0.3) is 5.69 Å². The van der Waals surface area contributed by atoms with Crippen molar-refractivity contribution in [3.05, 3.63) is 39.9 Å². The molecule has 0 N–H and O–H groups in total.